The van der Waals surface area contributed by atoms with Gasteiger partial charge in [-0.15, -0.1) is 0 Å². The molecule has 1 aromatic carbocycles. The summed E-state index contributed by atoms with van der Waals surface area (Å²) in [7, 11) is -4.76. The smallest absolute Gasteiger partial charge is 0.387 e. The molecule has 4 atom stereocenters. The number of hydrogen-bond donors (Lipinski definition) is 5. The molecule has 0 bridgehead atoms. The molecule has 5 N–H and O–H groups in total. The van der Waals surface area contributed by atoms with Gasteiger partial charge >= 0.3 is 7.82 Å². The minimum atomic E-state index is -4.76. The molecule has 0 radical (unpaired) electrons. The van der Waals surface area contributed by atoms with Crippen molar-refractivity contribution in [1.29, 1.82) is 0 Å². The second-order valence-corrected chi connectivity index (χ2v) is 8.75. The van der Waals surface area contributed by atoms with E-state index in [2.05, 4.69) is 14.8 Å². The average Bonchev–Trinajstić information content (AvgIpc) is 3.03. The summed E-state index contributed by atoms with van der Waals surface area (Å²) in [5.41, 5.74) is 0.975. The number of aliphatic hydroxyl groups excluding tert-OH is 2. The van der Waals surface area contributed by atoms with Crippen LogP contribution in [0.4, 0.5) is 5.95 Å². The Morgan fingerprint density at radius 1 is 1.29 bits per heavy atom. The maximum Gasteiger partial charge on any atom is 0.469 e. The summed E-state index contributed by atoms with van der Waals surface area (Å²) in [5, 5.41) is 24.5. The van der Waals surface area contributed by atoms with Crippen molar-refractivity contribution in [2.45, 2.75) is 44.4 Å². The molecule has 2 heterocycles. The molecule has 0 amide bonds. The first kappa shape index (κ1) is 21.8. The highest BCUT2D eigenvalue weighted by atomic mass is 35.5. The lowest BCUT2D eigenvalue weighted by molar-refractivity contribution is -0.0492. The lowest BCUT2D eigenvalue weighted by atomic mass is 10.1. The summed E-state index contributed by atoms with van der Waals surface area (Å²) < 4.78 is 22.5. The molecule has 1 saturated heterocycles. The third kappa shape index (κ3) is 4.46. The summed E-state index contributed by atoms with van der Waals surface area (Å²) in [6, 6.07) is 3.10. The van der Waals surface area contributed by atoms with Gasteiger partial charge in [0.1, 0.15) is 18.3 Å². The Kier molecular flexibility index (Phi) is 6.26. The van der Waals surface area contributed by atoms with Crippen molar-refractivity contribution >= 4 is 48.0 Å². The minimum Gasteiger partial charge on any atom is -0.387 e. The predicted octanol–water partition coefficient (Wildman–Crippen LogP) is 1.89. The number of nitrogens with zero attached hydrogens (tertiary/aromatic N) is 2. The van der Waals surface area contributed by atoms with Crippen LogP contribution in [-0.4, -0.2) is 60.5 Å². The summed E-state index contributed by atoms with van der Waals surface area (Å²) >= 11 is 12.2. The van der Waals surface area contributed by atoms with Crippen LogP contribution >= 0.6 is 31.0 Å². The van der Waals surface area contributed by atoms with Crippen molar-refractivity contribution in [3.63, 3.8) is 0 Å². The molecule has 1 aliphatic rings. The van der Waals surface area contributed by atoms with Gasteiger partial charge in [0.05, 0.1) is 27.7 Å². The van der Waals surface area contributed by atoms with Crippen LogP contribution in [0.25, 0.3) is 11.0 Å². The van der Waals surface area contributed by atoms with E-state index < -0.39 is 39.0 Å². The van der Waals surface area contributed by atoms with E-state index in [1.54, 1.807) is 12.1 Å². The van der Waals surface area contributed by atoms with Gasteiger partial charge < -0.3 is 30.1 Å². The molecule has 0 spiro atoms. The molecule has 1 fully saturated rings. The van der Waals surface area contributed by atoms with E-state index in [1.807, 2.05) is 13.8 Å². The zero-order valence-electron chi connectivity index (χ0n) is 14.9. The number of aliphatic hydroxyl groups is 2. The van der Waals surface area contributed by atoms with Crippen molar-refractivity contribution in [2.24, 2.45) is 0 Å². The number of phosphoric ester groups is 1. The Balaban J connectivity index is 2.01. The Morgan fingerprint density at radius 2 is 1.93 bits per heavy atom. The van der Waals surface area contributed by atoms with Crippen LogP contribution in [0.15, 0.2) is 12.1 Å². The van der Waals surface area contributed by atoms with E-state index in [0.29, 0.717) is 22.0 Å². The predicted molar refractivity (Wildman–Crippen MR) is 102 cm³/mol. The SMILES string of the molecule is CC(C)Nc1nc2cc(Cl)c(Cl)cc2n1[C@H]1O[C@@H](COP(=O)(O)O)[C@H](O)[C@@H]1O. The molecule has 1 aliphatic heterocycles. The van der Waals surface area contributed by atoms with Crippen molar-refractivity contribution in [2.75, 3.05) is 11.9 Å². The van der Waals surface area contributed by atoms with Crippen molar-refractivity contribution < 1.29 is 33.8 Å². The molecule has 28 heavy (non-hydrogen) atoms. The second-order valence-electron chi connectivity index (χ2n) is 6.69. The fraction of sp³-hybridized carbons (Fsp3) is 0.533. The molecule has 0 saturated carbocycles. The van der Waals surface area contributed by atoms with Gasteiger partial charge in [-0.2, -0.15) is 0 Å². The number of hydrogen-bond acceptors (Lipinski definition) is 7. The normalized spacial score (nSPS) is 25.8. The third-order valence-electron chi connectivity index (χ3n) is 4.15. The highest BCUT2D eigenvalue weighted by Crippen LogP contribution is 2.40. The van der Waals surface area contributed by atoms with E-state index in [4.69, 9.17) is 37.7 Å². The Bertz CT molecular complexity index is 919. The minimum absolute atomic E-state index is 0.0150. The van der Waals surface area contributed by atoms with Gasteiger partial charge in [0.2, 0.25) is 5.95 Å². The molecule has 1 aromatic heterocycles. The third-order valence-corrected chi connectivity index (χ3v) is 5.36. The van der Waals surface area contributed by atoms with Gasteiger partial charge in [0, 0.05) is 6.04 Å². The van der Waals surface area contributed by atoms with Crippen LogP contribution in [0.1, 0.15) is 20.1 Å². The standard InChI is InChI=1S/C15H20Cl2N3O7P/c1-6(2)18-15-19-9-3-7(16)8(17)4-10(9)20(15)14-13(22)12(21)11(27-14)5-26-28(23,24)25/h3-4,6,11-14,21-22H,5H2,1-2H3,(H,18,19)(H2,23,24,25)/t11-,12-,13-,14-/m0/s1. The number of benzene rings is 1. The quantitative estimate of drug-likeness (QED) is 0.411. The zero-order chi connectivity index (χ0) is 20.8. The molecule has 0 unspecified atom stereocenters. The number of ether oxygens (including phenoxy) is 1. The molecule has 0 aliphatic carbocycles. The maximum absolute atomic E-state index is 10.9. The van der Waals surface area contributed by atoms with E-state index in [1.165, 1.54) is 4.57 Å². The monoisotopic (exact) mass is 455 g/mol. The van der Waals surface area contributed by atoms with Gasteiger partial charge in [-0.05, 0) is 26.0 Å². The first-order valence-electron chi connectivity index (χ1n) is 8.33. The van der Waals surface area contributed by atoms with Gasteiger partial charge in [0.15, 0.2) is 6.23 Å². The fourth-order valence-corrected chi connectivity index (χ4v) is 3.62. The van der Waals surface area contributed by atoms with E-state index in [-0.39, 0.29) is 11.1 Å². The summed E-state index contributed by atoms with van der Waals surface area (Å²) in [4.78, 5) is 22.2. The lowest BCUT2D eigenvalue weighted by Gasteiger charge is -2.21. The molecular formula is C15H20Cl2N3O7P. The number of aromatic nitrogens is 2. The second kappa shape index (κ2) is 8.06. The number of anilines is 1. The first-order chi connectivity index (χ1) is 13.0. The van der Waals surface area contributed by atoms with Gasteiger partial charge in [0.25, 0.3) is 0 Å². The molecule has 10 nitrogen and oxygen atoms in total. The van der Waals surface area contributed by atoms with Gasteiger partial charge in [-0.25, -0.2) is 9.55 Å². The maximum atomic E-state index is 10.9. The Hall–Kier alpha value is -0.940. The fourth-order valence-electron chi connectivity index (χ4n) is 2.96. The highest BCUT2D eigenvalue weighted by molar-refractivity contribution is 7.46. The number of halogens is 2. The Labute approximate surface area is 170 Å². The molecule has 156 valence electrons. The van der Waals surface area contributed by atoms with Crippen molar-refractivity contribution in [3.8, 4) is 0 Å². The summed E-state index contributed by atoms with van der Waals surface area (Å²) in [5.74, 6) is 0.344. The zero-order valence-corrected chi connectivity index (χ0v) is 17.3. The number of nitrogens with one attached hydrogen (secondary N) is 1. The lowest BCUT2D eigenvalue weighted by Crippen LogP contribution is -2.33. The molecule has 13 heteroatoms. The van der Waals surface area contributed by atoms with Crippen molar-refractivity contribution in [1.82, 2.24) is 9.55 Å². The number of rotatable bonds is 6. The van der Waals surface area contributed by atoms with Crippen LogP contribution in [0.2, 0.25) is 10.0 Å². The largest absolute Gasteiger partial charge is 0.469 e. The van der Waals surface area contributed by atoms with Crippen LogP contribution in [-0.2, 0) is 13.8 Å². The van der Waals surface area contributed by atoms with E-state index >= 15 is 0 Å². The van der Waals surface area contributed by atoms with Crippen LogP contribution < -0.4 is 5.32 Å². The van der Waals surface area contributed by atoms with E-state index in [0.717, 1.165) is 0 Å². The molecule has 3 rings (SSSR count). The van der Waals surface area contributed by atoms with E-state index in [9.17, 15) is 14.8 Å². The molecular weight excluding hydrogens is 436 g/mol. The highest BCUT2D eigenvalue weighted by Gasteiger charge is 2.45. The topological polar surface area (TPSA) is 146 Å². The molecule has 2 aromatic rings. The summed E-state index contributed by atoms with van der Waals surface area (Å²) in [6.45, 7) is 3.17. The van der Waals surface area contributed by atoms with Gasteiger partial charge in [-0.1, -0.05) is 23.2 Å². The average molecular weight is 456 g/mol. The van der Waals surface area contributed by atoms with Gasteiger partial charge in [-0.3, -0.25) is 9.09 Å². The van der Waals surface area contributed by atoms with Crippen LogP contribution in [0, 0.1) is 0 Å². The van der Waals surface area contributed by atoms with Crippen molar-refractivity contribution in [3.05, 3.63) is 22.2 Å². The number of phosphoric acid groups is 1. The Morgan fingerprint density at radius 3 is 2.54 bits per heavy atom. The first-order valence-corrected chi connectivity index (χ1v) is 10.6. The number of imidazole rings is 1. The van der Waals surface area contributed by atoms with Crippen LogP contribution in [0.5, 0.6) is 0 Å². The summed E-state index contributed by atoms with van der Waals surface area (Å²) in [6.07, 6.45) is -5.13. The number of fused-ring (bicyclic) bond motifs is 1. The van der Waals surface area contributed by atoms with Crippen LogP contribution in [0.3, 0.4) is 0 Å².